The van der Waals surface area contributed by atoms with Crippen molar-refractivity contribution in [2.45, 2.75) is 32.2 Å². The minimum Gasteiger partial charge on any atom is -0.340 e. The van der Waals surface area contributed by atoms with Crippen LogP contribution in [0.15, 0.2) is 28.8 Å². The molecule has 0 aliphatic carbocycles. The Labute approximate surface area is 128 Å². The molecule has 6 heteroatoms. The number of nitrogens with zero attached hydrogens (tertiary/aromatic N) is 4. The summed E-state index contributed by atoms with van der Waals surface area (Å²) in [5.74, 6) is 1.16. The normalized spacial score (nSPS) is 20.5. The number of urea groups is 1. The second kappa shape index (κ2) is 5.12. The van der Waals surface area contributed by atoms with Crippen molar-refractivity contribution < 1.29 is 9.32 Å². The van der Waals surface area contributed by atoms with Crippen molar-refractivity contribution in [1.82, 2.24) is 15.0 Å². The number of aromatic nitrogens is 2. The molecule has 6 nitrogen and oxygen atoms in total. The summed E-state index contributed by atoms with van der Waals surface area (Å²) in [7, 11) is 0. The second-order valence-corrected chi connectivity index (χ2v) is 5.84. The molecule has 0 bridgehead atoms. The number of likely N-dealkylation sites (tertiary alicyclic amines) is 1. The lowest BCUT2D eigenvalue weighted by Gasteiger charge is -2.28. The summed E-state index contributed by atoms with van der Waals surface area (Å²) < 4.78 is 5.07. The Balaban J connectivity index is 1.60. The first-order valence-electron chi connectivity index (χ1n) is 7.70. The van der Waals surface area contributed by atoms with Gasteiger partial charge in [0.2, 0.25) is 5.89 Å². The third kappa shape index (κ3) is 2.06. The van der Waals surface area contributed by atoms with Gasteiger partial charge in [0.1, 0.15) is 0 Å². The SMILES string of the molecule is Cc1nc(C2CCCN2C(=O)N2CCc3ccccc32)no1. The fourth-order valence-electron chi connectivity index (χ4n) is 3.41. The van der Waals surface area contributed by atoms with Gasteiger partial charge in [-0.25, -0.2) is 4.79 Å². The molecule has 0 N–H and O–H groups in total. The van der Waals surface area contributed by atoms with E-state index in [0.29, 0.717) is 11.7 Å². The summed E-state index contributed by atoms with van der Waals surface area (Å²) in [4.78, 5) is 21.0. The van der Waals surface area contributed by atoms with Gasteiger partial charge in [0.15, 0.2) is 5.82 Å². The topological polar surface area (TPSA) is 62.5 Å². The van der Waals surface area contributed by atoms with Crippen LogP contribution in [0.1, 0.15) is 36.2 Å². The van der Waals surface area contributed by atoms with Gasteiger partial charge in [-0.15, -0.1) is 0 Å². The molecule has 1 unspecified atom stereocenters. The summed E-state index contributed by atoms with van der Waals surface area (Å²) in [5, 5.41) is 4.00. The molecule has 1 atom stereocenters. The molecular formula is C16H18N4O2. The highest BCUT2D eigenvalue weighted by Crippen LogP contribution is 2.34. The fourth-order valence-corrected chi connectivity index (χ4v) is 3.41. The number of aryl methyl sites for hydroxylation is 1. The maximum Gasteiger partial charge on any atom is 0.325 e. The van der Waals surface area contributed by atoms with E-state index >= 15 is 0 Å². The van der Waals surface area contributed by atoms with E-state index in [4.69, 9.17) is 4.52 Å². The summed E-state index contributed by atoms with van der Waals surface area (Å²) in [6.07, 6.45) is 2.78. The van der Waals surface area contributed by atoms with Gasteiger partial charge in [0.05, 0.1) is 6.04 Å². The largest absolute Gasteiger partial charge is 0.340 e. The van der Waals surface area contributed by atoms with Crippen molar-refractivity contribution in [3.05, 3.63) is 41.5 Å². The number of para-hydroxylation sites is 1. The zero-order chi connectivity index (χ0) is 15.1. The van der Waals surface area contributed by atoms with Crippen molar-refractivity contribution in [2.24, 2.45) is 0 Å². The predicted molar refractivity (Wildman–Crippen MR) is 80.6 cm³/mol. The molecule has 0 radical (unpaired) electrons. The Kier molecular flexibility index (Phi) is 3.10. The predicted octanol–water partition coefficient (Wildman–Crippen LogP) is 2.70. The number of hydrogen-bond acceptors (Lipinski definition) is 4. The van der Waals surface area contributed by atoms with E-state index in [0.717, 1.165) is 38.0 Å². The van der Waals surface area contributed by atoms with Crippen molar-refractivity contribution in [2.75, 3.05) is 18.0 Å². The number of hydrogen-bond donors (Lipinski definition) is 0. The van der Waals surface area contributed by atoms with Gasteiger partial charge in [-0.05, 0) is 30.9 Å². The van der Waals surface area contributed by atoms with Crippen LogP contribution < -0.4 is 4.90 Å². The van der Waals surface area contributed by atoms with Crippen LogP contribution in [-0.4, -0.2) is 34.2 Å². The molecule has 4 rings (SSSR count). The van der Waals surface area contributed by atoms with Gasteiger partial charge in [-0.2, -0.15) is 4.98 Å². The zero-order valence-electron chi connectivity index (χ0n) is 12.5. The maximum absolute atomic E-state index is 13.0. The number of carbonyl (C=O) groups excluding carboxylic acids is 1. The standard InChI is InChI=1S/C16H18N4O2/c1-11-17-15(18-22-11)14-7-4-9-19(14)16(21)20-10-8-12-5-2-3-6-13(12)20/h2-3,5-6,14H,4,7-10H2,1H3. The third-order valence-electron chi connectivity index (χ3n) is 4.46. The van der Waals surface area contributed by atoms with Gasteiger partial charge in [-0.3, -0.25) is 4.90 Å². The average molecular weight is 298 g/mol. The van der Waals surface area contributed by atoms with E-state index in [9.17, 15) is 4.79 Å². The molecule has 2 aliphatic heterocycles. The summed E-state index contributed by atoms with van der Waals surface area (Å²) in [6, 6.07) is 8.09. The lowest BCUT2D eigenvalue weighted by atomic mass is 10.2. The number of anilines is 1. The van der Waals surface area contributed by atoms with E-state index in [2.05, 4.69) is 16.2 Å². The minimum atomic E-state index is -0.0716. The summed E-state index contributed by atoms with van der Waals surface area (Å²) in [5.41, 5.74) is 2.27. The molecular weight excluding hydrogens is 280 g/mol. The zero-order valence-corrected chi connectivity index (χ0v) is 12.5. The molecule has 1 fully saturated rings. The fraction of sp³-hybridized carbons (Fsp3) is 0.438. The number of carbonyl (C=O) groups is 1. The van der Waals surface area contributed by atoms with Crippen LogP contribution in [0.3, 0.4) is 0 Å². The highest BCUT2D eigenvalue weighted by molar-refractivity contribution is 5.94. The van der Waals surface area contributed by atoms with Crippen molar-refractivity contribution in [3.63, 3.8) is 0 Å². The molecule has 0 spiro atoms. The Hall–Kier alpha value is -2.37. The molecule has 1 aromatic carbocycles. The molecule has 1 saturated heterocycles. The Morgan fingerprint density at radius 3 is 3.00 bits per heavy atom. The van der Waals surface area contributed by atoms with E-state index in [-0.39, 0.29) is 12.1 Å². The van der Waals surface area contributed by atoms with E-state index in [1.165, 1.54) is 5.56 Å². The third-order valence-corrected chi connectivity index (χ3v) is 4.46. The first-order chi connectivity index (χ1) is 10.7. The lowest BCUT2D eigenvalue weighted by molar-refractivity contribution is 0.197. The van der Waals surface area contributed by atoms with Gasteiger partial charge in [0, 0.05) is 25.7 Å². The molecule has 2 amide bonds. The van der Waals surface area contributed by atoms with E-state index in [1.54, 1.807) is 6.92 Å². The molecule has 2 aliphatic rings. The average Bonchev–Trinajstić information content (AvgIpc) is 3.25. The molecule has 114 valence electrons. The van der Waals surface area contributed by atoms with Crippen LogP contribution >= 0.6 is 0 Å². The van der Waals surface area contributed by atoms with Crippen LogP contribution in [0.2, 0.25) is 0 Å². The van der Waals surface area contributed by atoms with Gasteiger partial charge < -0.3 is 9.42 Å². The number of amides is 2. The Morgan fingerprint density at radius 1 is 1.32 bits per heavy atom. The van der Waals surface area contributed by atoms with Gasteiger partial charge in [0.25, 0.3) is 0 Å². The van der Waals surface area contributed by atoms with Crippen LogP contribution in [-0.2, 0) is 6.42 Å². The van der Waals surface area contributed by atoms with Gasteiger partial charge >= 0.3 is 6.03 Å². The Morgan fingerprint density at radius 2 is 2.18 bits per heavy atom. The van der Waals surface area contributed by atoms with Crippen LogP contribution in [0.5, 0.6) is 0 Å². The lowest BCUT2D eigenvalue weighted by Crippen LogP contribution is -2.42. The van der Waals surface area contributed by atoms with Crippen LogP contribution in [0, 0.1) is 6.92 Å². The Bertz CT molecular complexity index is 712. The molecule has 22 heavy (non-hydrogen) atoms. The second-order valence-electron chi connectivity index (χ2n) is 5.84. The van der Waals surface area contributed by atoms with Crippen molar-refractivity contribution in [3.8, 4) is 0 Å². The maximum atomic E-state index is 13.0. The van der Waals surface area contributed by atoms with Crippen LogP contribution in [0.25, 0.3) is 0 Å². The highest BCUT2D eigenvalue weighted by atomic mass is 16.5. The quantitative estimate of drug-likeness (QED) is 0.812. The molecule has 2 aromatic rings. The number of fused-ring (bicyclic) bond motifs is 1. The molecule has 0 saturated carbocycles. The summed E-state index contributed by atoms with van der Waals surface area (Å²) in [6.45, 7) is 3.26. The number of benzene rings is 1. The molecule has 1 aromatic heterocycles. The highest BCUT2D eigenvalue weighted by Gasteiger charge is 2.37. The van der Waals surface area contributed by atoms with Crippen molar-refractivity contribution in [1.29, 1.82) is 0 Å². The molecule has 3 heterocycles. The van der Waals surface area contributed by atoms with E-state index in [1.807, 2.05) is 28.0 Å². The summed E-state index contributed by atoms with van der Waals surface area (Å²) >= 11 is 0. The number of rotatable bonds is 1. The first kappa shape index (κ1) is 13.3. The van der Waals surface area contributed by atoms with Crippen molar-refractivity contribution >= 4 is 11.7 Å². The van der Waals surface area contributed by atoms with E-state index < -0.39 is 0 Å². The van der Waals surface area contributed by atoms with Crippen LogP contribution in [0.4, 0.5) is 10.5 Å². The van der Waals surface area contributed by atoms with Gasteiger partial charge in [-0.1, -0.05) is 23.4 Å². The first-order valence-corrected chi connectivity index (χ1v) is 7.70. The minimum absolute atomic E-state index is 0.0508. The monoisotopic (exact) mass is 298 g/mol. The smallest absolute Gasteiger partial charge is 0.325 e.